The van der Waals surface area contributed by atoms with E-state index in [1.54, 1.807) is 0 Å². The number of nitriles is 2. The predicted molar refractivity (Wildman–Crippen MR) is 53.7 cm³/mol. The van der Waals surface area contributed by atoms with Crippen LogP contribution in [0.1, 0.15) is 0 Å². The fourth-order valence-electron chi connectivity index (χ4n) is 0.662. The first-order valence-electron chi connectivity index (χ1n) is 3.16. The number of allylic oxidation sites excluding steroid dienone is 2. The summed E-state index contributed by atoms with van der Waals surface area (Å²) in [5.41, 5.74) is 0. The maximum atomic E-state index is 8.67. The summed E-state index contributed by atoms with van der Waals surface area (Å²) in [5, 5.41) is 17.7. The van der Waals surface area contributed by atoms with E-state index in [-0.39, 0.29) is 19.9 Å². The fourth-order valence-corrected chi connectivity index (χ4v) is 2.27. The average Bonchev–Trinajstić information content (AvgIpc) is 2.26. The molecular weight excluding hydrogens is 216 g/mol. The lowest BCUT2D eigenvalue weighted by Gasteiger charge is -2.09. The second kappa shape index (κ2) is 4.40. The van der Waals surface area contributed by atoms with Crippen molar-refractivity contribution in [3.8, 4) is 12.1 Å². The average molecular weight is 216 g/mol. The van der Waals surface area contributed by atoms with Gasteiger partial charge < -0.3 is 0 Å². The first-order chi connectivity index (χ1) is 6.76. The Bertz CT molecular complexity index is 409. The predicted octanol–water partition coefficient (Wildman–Crippen LogP) is 2.69. The Balaban J connectivity index is 3.18. The van der Waals surface area contributed by atoms with Gasteiger partial charge in [0.2, 0.25) is 10.1 Å². The van der Waals surface area contributed by atoms with Crippen molar-refractivity contribution in [3.05, 3.63) is 42.7 Å². The van der Waals surface area contributed by atoms with Crippen molar-refractivity contribution in [2.45, 2.75) is 0 Å². The maximum absolute atomic E-state index is 8.67. The van der Waals surface area contributed by atoms with Crippen LogP contribution in [0.3, 0.4) is 0 Å². The first-order valence-corrected chi connectivity index (χ1v) is 4.79. The van der Waals surface area contributed by atoms with Gasteiger partial charge >= 0.3 is 0 Å². The van der Waals surface area contributed by atoms with Crippen molar-refractivity contribution in [3.63, 3.8) is 0 Å². The summed E-state index contributed by atoms with van der Waals surface area (Å²) in [4.78, 5) is 6.64. The van der Waals surface area contributed by atoms with Crippen LogP contribution in [0.25, 0.3) is 9.69 Å². The highest BCUT2D eigenvalue weighted by Crippen LogP contribution is 2.45. The maximum Gasteiger partial charge on any atom is 0.240 e. The third-order valence-electron chi connectivity index (χ3n) is 1.19. The monoisotopic (exact) mass is 216 g/mol. The molecule has 1 heterocycles. The Kier molecular flexibility index (Phi) is 3.21. The van der Waals surface area contributed by atoms with E-state index in [9.17, 15) is 0 Å². The van der Waals surface area contributed by atoms with Crippen LogP contribution in [0.5, 0.6) is 0 Å². The van der Waals surface area contributed by atoms with Gasteiger partial charge in [-0.15, -0.1) is 23.5 Å². The van der Waals surface area contributed by atoms with Crippen LogP contribution in [0.2, 0.25) is 0 Å². The Labute approximate surface area is 89.1 Å². The molecule has 0 aliphatic carbocycles. The molecule has 0 saturated carbocycles. The highest BCUT2D eigenvalue weighted by atomic mass is 32.2. The second-order valence-electron chi connectivity index (χ2n) is 1.92. The summed E-state index contributed by atoms with van der Waals surface area (Å²) in [7, 11) is 0. The summed E-state index contributed by atoms with van der Waals surface area (Å²) in [6.45, 7) is 13.6. The number of hydrogen-bond acceptors (Lipinski definition) is 4. The zero-order chi connectivity index (χ0) is 10.6. The molecule has 0 bridgehead atoms. The van der Waals surface area contributed by atoms with Crippen molar-refractivity contribution >= 4 is 23.5 Å². The van der Waals surface area contributed by atoms with Crippen molar-refractivity contribution in [2.24, 2.45) is 0 Å². The molecule has 4 nitrogen and oxygen atoms in total. The summed E-state index contributed by atoms with van der Waals surface area (Å²) in [5.74, 6) is 0. The van der Waals surface area contributed by atoms with E-state index in [0.29, 0.717) is 0 Å². The van der Waals surface area contributed by atoms with Crippen LogP contribution in [0.4, 0.5) is 0 Å². The molecule has 6 heteroatoms. The Morgan fingerprint density at radius 3 is 1.50 bits per heavy atom. The van der Waals surface area contributed by atoms with Gasteiger partial charge in [-0.1, -0.05) is 0 Å². The molecule has 0 unspecified atom stereocenters. The van der Waals surface area contributed by atoms with Gasteiger partial charge in [0.25, 0.3) is 0 Å². The minimum Gasteiger partial charge on any atom is -0.242 e. The number of thioether (sulfide) groups is 2. The quantitative estimate of drug-likeness (QED) is 0.584. The van der Waals surface area contributed by atoms with Crippen LogP contribution in [-0.2, 0) is 0 Å². The molecule has 64 valence electrons. The lowest BCUT2D eigenvalue weighted by molar-refractivity contribution is 1.50. The normalized spacial score (nSPS) is 15.1. The number of nitrogens with zero attached hydrogens (tertiary/aromatic N) is 4. The zero-order valence-electron chi connectivity index (χ0n) is 6.61. The van der Waals surface area contributed by atoms with Gasteiger partial charge in [0, 0.05) is 0 Å². The number of rotatable bonds is 0. The summed E-state index contributed by atoms with van der Waals surface area (Å²) >= 11 is 1.77. The van der Waals surface area contributed by atoms with E-state index >= 15 is 0 Å². The van der Waals surface area contributed by atoms with Gasteiger partial charge in [0.05, 0.1) is 13.1 Å². The minimum absolute atomic E-state index is 0.167. The molecule has 0 amide bonds. The van der Waals surface area contributed by atoms with Gasteiger partial charge in [-0.2, -0.15) is 10.5 Å². The number of hydrogen-bond donors (Lipinski definition) is 0. The van der Waals surface area contributed by atoms with Gasteiger partial charge in [0.1, 0.15) is 21.9 Å². The van der Waals surface area contributed by atoms with Crippen LogP contribution in [-0.4, -0.2) is 0 Å². The Hall–Kier alpha value is -1.86. The van der Waals surface area contributed by atoms with Gasteiger partial charge in [-0.3, -0.25) is 0 Å². The molecule has 0 aromatic rings. The third kappa shape index (κ3) is 1.73. The van der Waals surface area contributed by atoms with Crippen molar-refractivity contribution in [1.29, 1.82) is 10.5 Å². The molecule has 1 aliphatic rings. The molecule has 0 N–H and O–H groups in total. The van der Waals surface area contributed by atoms with Crippen LogP contribution < -0.4 is 0 Å². The fraction of sp³-hybridized carbons (Fsp3) is 0. The molecule has 1 aliphatic heterocycles. The van der Waals surface area contributed by atoms with Gasteiger partial charge in [-0.05, 0) is 0 Å². The van der Waals surface area contributed by atoms with Crippen LogP contribution >= 0.6 is 23.5 Å². The molecule has 0 spiro atoms. The molecule has 0 aromatic heterocycles. The summed E-state index contributed by atoms with van der Waals surface area (Å²) in [6, 6.07) is 3.67. The van der Waals surface area contributed by atoms with E-state index in [4.69, 9.17) is 23.7 Å². The smallest absolute Gasteiger partial charge is 0.240 e. The second-order valence-corrected chi connectivity index (χ2v) is 3.92. The molecule has 0 radical (unpaired) electrons. The van der Waals surface area contributed by atoms with Gasteiger partial charge in [0.15, 0.2) is 0 Å². The molecule has 0 fully saturated rings. The van der Waals surface area contributed by atoms with Crippen LogP contribution in [0, 0.1) is 35.8 Å². The first kappa shape index (κ1) is 10.2. The van der Waals surface area contributed by atoms with E-state index in [1.807, 2.05) is 12.1 Å². The SMILES string of the molecule is [C-]#[N+]C1=C([N+]#[C-])SC(C#N)=C(C#N)S1. The molecule has 0 atom stereocenters. The van der Waals surface area contributed by atoms with E-state index in [0.717, 1.165) is 23.5 Å². The molecule has 1 rings (SSSR count). The Morgan fingerprint density at radius 1 is 0.929 bits per heavy atom. The topological polar surface area (TPSA) is 56.3 Å². The summed E-state index contributed by atoms with van der Waals surface area (Å²) in [6.07, 6.45) is 0. The van der Waals surface area contributed by atoms with E-state index in [2.05, 4.69) is 9.69 Å². The highest BCUT2D eigenvalue weighted by molar-refractivity contribution is 8.14. The highest BCUT2D eigenvalue weighted by Gasteiger charge is 2.22. The Morgan fingerprint density at radius 2 is 1.29 bits per heavy atom. The third-order valence-corrected chi connectivity index (χ3v) is 3.41. The minimum atomic E-state index is 0.167. The van der Waals surface area contributed by atoms with Crippen molar-refractivity contribution in [2.75, 3.05) is 0 Å². The lowest BCUT2D eigenvalue weighted by Crippen LogP contribution is -1.88. The zero-order valence-corrected chi connectivity index (χ0v) is 8.24. The largest absolute Gasteiger partial charge is 0.242 e. The standard InChI is InChI=1S/C8N4S2/c1-11-7-8(12-2)14-6(4-10)5(3-9)13-7. The molecular formula is C8N4S2. The molecule has 14 heavy (non-hydrogen) atoms. The lowest BCUT2D eigenvalue weighted by atomic mass is 10.5. The van der Waals surface area contributed by atoms with E-state index in [1.165, 1.54) is 0 Å². The van der Waals surface area contributed by atoms with Crippen LogP contribution in [0.15, 0.2) is 19.9 Å². The van der Waals surface area contributed by atoms with Crippen molar-refractivity contribution < 1.29 is 0 Å². The molecule has 0 aromatic carbocycles. The summed E-state index contributed by atoms with van der Waals surface area (Å²) < 4.78 is 0. The van der Waals surface area contributed by atoms with Gasteiger partial charge in [-0.25, -0.2) is 9.69 Å². The molecule has 0 saturated heterocycles. The van der Waals surface area contributed by atoms with E-state index < -0.39 is 0 Å². The van der Waals surface area contributed by atoms with Crippen molar-refractivity contribution in [1.82, 2.24) is 0 Å².